The molecule has 0 aromatic heterocycles. The first kappa shape index (κ1) is 14.9. The normalized spacial score (nSPS) is 26.0. The molecule has 0 radical (unpaired) electrons. The molecular weight excluding hydrogens is 238 g/mol. The lowest BCUT2D eigenvalue weighted by atomic mass is 9.88. The molecule has 5 heteroatoms. The van der Waals surface area contributed by atoms with Crippen molar-refractivity contribution in [1.82, 2.24) is 0 Å². The molecule has 1 aliphatic carbocycles. The van der Waals surface area contributed by atoms with Gasteiger partial charge in [-0.1, -0.05) is 26.2 Å². The van der Waals surface area contributed by atoms with Gasteiger partial charge in [-0.2, -0.15) is 0 Å². The highest BCUT2D eigenvalue weighted by atomic mass is 32.2. The van der Waals surface area contributed by atoms with E-state index in [0.717, 1.165) is 19.4 Å². The summed E-state index contributed by atoms with van der Waals surface area (Å²) in [5.41, 5.74) is 0. The van der Waals surface area contributed by atoms with Crippen molar-refractivity contribution in [3.63, 3.8) is 0 Å². The molecule has 0 aromatic carbocycles. The molecule has 0 amide bonds. The molecule has 0 bridgehead atoms. The number of hydrogen-bond acceptors (Lipinski definition) is 3. The molecule has 1 rings (SSSR count). The lowest BCUT2D eigenvalue weighted by Crippen LogP contribution is -2.25. The van der Waals surface area contributed by atoms with Gasteiger partial charge in [-0.3, -0.25) is 0 Å². The molecule has 0 aromatic rings. The number of rotatable bonds is 7. The first-order valence-corrected chi connectivity index (χ1v) is 8.32. The van der Waals surface area contributed by atoms with E-state index in [-0.39, 0.29) is 5.75 Å². The van der Waals surface area contributed by atoms with Gasteiger partial charge in [-0.25, -0.2) is 13.6 Å². The minimum Gasteiger partial charge on any atom is -0.378 e. The van der Waals surface area contributed by atoms with E-state index < -0.39 is 10.0 Å². The monoisotopic (exact) mass is 263 g/mol. The summed E-state index contributed by atoms with van der Waals surface area (Å²) in [4.78, 5) is 0. The number of hydrogen-bond donors (Lipinski definition) is 1. The van der Waals surface area contributed by atoms with Gasteiger partial charge in [0, 0.05) is 6.61 Å². The van der Waals surface area contributed by atoms with Crippen LogP contribution in [0.4, 0.5) is 0 Å². The van der Waals surface area contributed by atoms with Crippen LogP contribution in [-0.2, 0) is 14.8 Å². The Kier molecular flexibility index (Phi) is 6.44. The molecule has 2 unspecified atom stereocenters. The highest BCUT2D eigenvalue weighted by molar-refractivity contribution is 7.89. The maximum atomic E-state index is 10.7. The number of unbranched alkanes of at least 4 members (excludes halogenated alkanes) is 2. The van der Waals surface area contributed by atoms with Crippen molar-refractivity contribution in [3.8, 4) is 0 Å². The fraction of sp³-hybridized carbons (Fsp3) is 1.00. The average Bonchev–Trinajstić information content (AvgIpc) is 2.24. The zero-order chi connectivity index (χ0) is 12.7. The third-order valence-electron chi connectivity index (χ3n) is 3.44. The van der Waals surface area contributed by atoms with Crippen molar-refractivity contribution in [2.75, 3.05) is 12.4 Å². The Balaban J connectivity index is 2.00. The number of nitrogens with two attached hydrogens (primary N) is 1. The van der Waals surface area contributed by atoms with Crippen LogP contribution in [0.25, 0.3) is 0 Å². The Bertz CT molecular complexity index is 303. The van der Waals surface area contributed by atoms with E-state index >= 15 is 0 Å². The van der Waals surface area contributed by atoms with Crippen LogP contribution in [0.1, 0.15) is 51.9 Å². The largest absolute Gasteiger partial charge is 0.378 e. The van der Waals surface area contributed by atoms with Gasteiger partial charge in [0.25, 0.3) is 0 Å². The minimum absolute atomic E-state index is 0.0901. The molecule has 2 N–H and O–H groups in total. The molecule has 0 aliphatic heterocycles. The summed E-state index contributed by atoms with van der Waals surface area (Å²) in [5, 5.41) is 4.93. The topological polar surface area (TPSA) is 69.4 Å². The second-order valence-electron chi connectivity index (χ2n) is 5.10. The maximum absolute atomic E-state index is 10.7. The quantitative estimate of drug-likeness (QED) is 0.715. The molecular formula is C12H25NO3S. The number of sulfonamides is 1. The van der Waals surface area contributed by atoms with E-state index in [1.165, 1.54) is 25.7 Å². The van der Waals surface area contributed by atoms with Gasteiger partial charge in [0.1, 0.15) is 0 Å². The molecule has 1 aliphatic rings. The minimum atomic E-state index is -3.28. The standard InChI is InChI=1S/C12H25NO3S/c1-11-7-3-4-8-12(11)16-9-5-2-6-10-17(13,14)15/h11-12H,2-10H2,1H3,(H2,13,14,15). The van der Waals surface area contributed by atoms with E-state index in [4.69, 9.17) is 9.88 Å². The first-order valence-electron chi connectivity index (χ1n) is 6.61. The highest BCUT2D eigenvalue weighted by Crippen LogP contribution is 2.26. The van der Waals surface area contributed by atoms with Gasteiger partial charge >= 0.3 is 0 Å². The first-order chi connectivity index (χ1) is 7.99. The summed E-state index contributed by atoms with van der Waals surface area (Å²) in [7, 11) is -3.28. The molecule has 17 heavy (non-hydrogen) atoms. The fourth-order valence-electron chi connectivity index (χ4n) is 2.35. The molecule has 0 spiro atoms. The molecule has 0 heterocycles. The smallest absolute Gasteiger partial charge is 0.209 e. The Hall–Kier alpha value is -0.130. The van der Waals surface area contributed by atoms with E-state index in [2.05, 4.69) is 6.92 Å². The summed E-state index contributed by atoms with van der Waals surface area (Å²) in [6.07, 6.45) is 7.92. The van der Waals surface area contributed by atoms with Crippen molar-refractivity contribution in [1.29, 1.82) is 0 Å². The van der Waals surface area contributed by atoms with Crippen molar-refractivity contribution in [3.05, 3.63) is 0 Å². The van der Waals surface area contributed by atoms with Crippen LogP contribution < -0.4 is 5.14 Å². The summed E-state index contributed by atoms with van der Waals surface area (Å²) in [6.45, 7) is 3.00. The third-order valence-corrected chi connectivity index (χ3v) is 4.30. The zero-order valence-electron chi connectivity index (χ0n) is 10.7. The predicted octanol–water partition coefficient (Wildman–Crippen LogP) is 2.04. The predicted molar refractivity (Wildman–Crippen MR) is 69.2 cm³/mol. The maximum Gasteiger partial charge on any atom is 0.209 e. The molecule has 0 saturated heterocycles. The highest BCUT2D eigenvalue weighted by Gasteiger charge is 2.21. The van der Waals surface area contributed by atoms with E-state index in [9.17, 15) is 8.42 Å². The van der Waals surface area contributed by atoms with Gasteiger partial charge in [0.2, 0.25) is 10.0 Å². The second kappa shape index (κ2) is 7.34. The summed E-state index contributed by atoms with van der Waals surface area (Å²) >= 11 is 0. The number of ether oxygens (including phenoxy) is 1. The van der Waals surface area contributed by atoms with Gasteiger partial charge in [0.05, 0.1) is 11.9 Å². The molecule has 2 atom stereocenters. The lowest BCUT2D eigenvalue weighted by Gasteiger charge is -2.28. The Labute approximate surface area is 105 Å². The van der Waals surface area contributed by atoms with Crippen molar-refractivity contribution in [2.45, 2.75) is 58.0 Å². The van der Waals surface area contributed by atoms with Gasteiger partial charge in [0.15, 0.2) is 0 Å². The Morgan fingerprint density at radius 2 is 1.88 bits per heavy atom. The molecule has 1 saturated carbocycles. The van der Waals surface area contributed by atoms with Gasteiger partial charge < -0.3 is 4.74 Å². The van der Waals surface area contributed by atoms with Crippen LogP contribution in [-0.4, -0.2) is 26.9 Å². The molecule has 1 fully saturated rings. The van der Waals surface area contributed by atoms with Crippen molar-refractivity contribution in [2.24, 2.45) is 11.1 Å². The van der Waals surface area contributed by atoms with E-state index in [1.54, 1.807) is 0 Å². The third kappa shape index (κ3) is 7.01. The zero-order valence-corrected chi connectivity index (χ0v) is 11.5. The van der Waals surface area contributed by atoms with E-state index in [0.29, 0.717) is 18.4 Å². The average molecular weight is 263 g/mol. The molecule has 102 valence electrons. The Morgan fingerprint density at radius 1 is 1.18 bits per heavy atom. The van der Waals surface area contributed by atoms with Crippen LogP contribution in [0.15, 0.2) is 0 Å². The summed E-state index contributed by atoms with van der Waals surface area (Å²) < 4.78 is 27.2. The fourth-order valence-corrected chi connectivity index (χ4v) is 2.95. The van der Waals surface area contributed by atoms with Crippen molar-refractivity contribution >= 4 is 10.0 Å². The molecule has 4 nitrogen and oxygen atoms in total. The van der Waals surface area contributed by atoms with Crippen LogP contribution in [0.3, 0.4) is 0 Å². The van der Waals surface area contributed by atoms with Crippen molar-refractivity contribution < 1.29 is 13.2 Å². The van der Waals surface area contributed by atoms with Crippen LogP contribution in [0.5, 0.6) is 0 Å². The van der Waals surface area contributed by atoms with E-state index in [1.807, 2.05) is 0 Å². The van der Waals surface area contributed by atoms with Crippen LogP contribution >= 0.6 is 0 Å². The van der Waals surface area contributed by atoms with Crippen LogP contribution in [0.2, 0.25) is 0 Å². The summed E-state index contributed by atoms with van der Waals surface area (Å²) in [5.74, 6) is 0.764. The van der Waals surface area contributed by atoms with Gasteiger partial charge in [-0.05, 0) is 31.6 Å². The van der Waals surface area contributed by atoms with Gasteiger partial charge in [-0.15, -0.1) is 0 Å². The second-order valence-corrected chi connectivity index (χ2v) is 6.83. The van der Waals surface area contributed by atoms with Crippen LogP contribution in [0, 0.1) is 5.92 Å². The Morgan fingerprint density at radius 3 is 2.53 bits per heavy atom. The summed E-state index contributed by atoms with van der Waals surface area (Å²) in [6, 6.07) is 0. The lowest BCUT2D eigenvalue weighted by molar-refractivity contribution is -0.00643. The SMILES string of the molecule is CC1CCCCC1OCCCCCS(N)(=O)=O. The number of primary sulfonamides is 1.